The van der Waals surface area contributed by atoms with Crippen molar-refractivity contribution in [3.8, 4) is 5.75 Å². The lowest BCUT2D eigenvalue weighted by Crippen LogP contribution is -2.10. The van der Waals surface area contributed by atoms with Crippen molar-refractivity contribution in [3.05, 3.63) is 18.2 Å². The second-order valence-electron chi connectivity index (χ2n) is 3.08. The first-order chi connectivity index (χ1) is 7.71. The third kappa shape index (κ3) is 2.98. The fourth-order valence-corrected chi connectivity index (χ4v) is 1.19. The summed E-state index contributed by atoms with van der Waals surface area (Å²) in [5.74, 6) is 0.419. The minimum Gasteiger partial charge on any atom is -0.494 e. The molecule has 0 atom stereocenters. The van der Waals surface area contributed by atoms with Gasteiger partial charge in [0.1, 0.15) is 5.75 Å². The summed E-state index contributed by atoms with van der Waals surface area (Å²) in [6.07, 6.45) is 0.983. The SMILES string of the molecule is CCC(=O)Nc1ccc(NC=O)cc1OC. The van der Waals surface area contributed by atoms with E-state index in [0.717, 1.165) is 0 Å². The number of hydrogen-bond acceptors (Lipinski definition) is 3. The van der Waals surface area contributed by atoms with E-state index in [4.69, 9.17) is 4.74 Å². The summed E-state index contributed by atoms with van der Waals surface area (Å²) in [5.41, 5.74) is 1.20. The zero-order valence-corrected chi connectivity index (χ0v) is 9.24. The molecule has 0 radical (unpaired) electrons. The number of ether oxygens (including phenoxy) is 1. The largest absolute Gasteiger partial charge is 0.494 e. The summed E-state index contributed by atoms with van der Waals surface area (Å²) in [5, 5.41) is 5.20. The lowest BCUT2D eigenvalue weighted by molar-refractivity contribution is -0.115. The Hall–Kier alpha value is -2.04. The van der Waals surface area contributed by atoms with Gasteiger partial charge in [-0.25, -0.2) is 0 Å². The number of nitrogens with one attached hydrogen (secondary N) is 2. The van der Waals surface area contributed by atoms with Crippen molar-refractivity contribution in [1.82, 2.24) is 0 Å². The van der Waals surface area contributed by atoms with Gasteiger partial charge in [-0.1, -0.05) is 6.92 Å². The van der Waals surface area contributed by atoms with Crippen LogP contribution in [0.15, 0.2) is 18.2 Å². The quantitative estimate of drug-likeness (QED) is 0.744. The minimum atomic E-state index is -0.0885. The zero-order chi connectivity index (χ0) is 12.0. The predicted octanol–water partition coefficient (Wildman–Crippen LogP) is 1.61. The van der Waals surface area contributed by atoms with Gasteiger partial charge in [0, 0.05) is 18.2 Å². The van der Waals surface area contributed by atoms with Gasteiger partial charge in [-0.15, -0.1) is 0 Å². The highest BCUT2D eigenvalue weighted by Gasteiger charge is 2.06. The van der Waals surface area contributed by atoms with Crippen molar-refractivity contribution in [3.63, 3.8) is 0 Å². The number of anilines is 2. The van der Waals surface area contributed by atoms with Gasteiger partial charge < -0.3 is 15.4 Å². The lowest BCUT2D eigenvalue weighted by Gasteiger charge is -2.10. The molecule has 0 aliphatic rings. The second-order valence-corrected chi connectivity index (χ2v) is 3.08. The Morgan fingerprint density at radius 2 is 2.25 bits per heavy atom. The summed E-state index contributed by atoms with van der Waals surface area (Å²) >= 11 is 0. The summed E-state index contributed by atoms with van der Waals surface area (Å²) in [6.45, 7) is 1.77. The Labute approximate surface area is 93.8 Å². The molecule has 16 heavy (non-hydrogen) atoms. The fraction of sp³-hybridized carbons (Fsp3) is 0.273. The molecular weight excluding hydrogens is 208 g/mol. The number of methoxy groups -OCH3 is 1. The molecule has 5 nitrogen and oxygen atoms in total. The molecule has 0 bridgehead atoms. The van der Waals surface area contributed by atoms with Crippen LogP contribution in [0.3, 0.4) is 0 Å². The van der Waals surface area contributed by atoms with E-state index in [2.05, 4.69) is 10.6 Å². The topological polar surface area (TPSA) is 67.4 Å². The van der Waals surface area contributed by atoms with E-state index in [0.29, 0.717) is 30.0 Å². The Morgan fingerprint density at radius 1 is 1.50 bits per heavy atom. The average Bonchev–Trinajstić information content (AvgIpc) is 2.31. The van der Waals surface area contributed by atoms with Gasteiger partial charge in [-0.2, -0.15) is 0 Å². The Morgan fingerprint density at radius 3 is 2.81 bits per heavy atom. The van der Waals surface area contributed by atoms with E-state index < -0.39 is 0 Å². The molecule has 1 rings (SSSR count). The van der Waals surface area contributed by atoms with E-state index in [-0.39, 0.29) is 5.91 Å². The van der Waals surface area contributed by atoms with Crippen molar-refractivity contribution in [2.45, 2.75) is 13.3 Å². The molecule has 86 valence electrons. The molecule has 0 spiro atoms. The maximum absolute atomic E-state index is 11.2. The lowest BCUT2D eigenvalue weighted by atomic mass is 10.2. The number of carbonyl (C=O) groups is 2. The molecule has 1 aromatic rings. The highest BCUT2D eigenvalue weighted by Crippen LogP contribution is 2.27. The van der Waals surface area contributed by atoms with Crippen LogP contribution in [0.25, 0.3) is 0 Å². The second kappa shape index (κ2) is 5.75. The fourth-order valence-electron chi connectivity index (χ4n) is 1.19. The molecule has 5 heteroatoms. The van der Waals surface area contributed by atoms with Crippen LogP contribution >= 0.6 is 0 Å². The van der Waals surface area contributed by atoms with E-state index in [9.17, 15) is 9.59 Å². The normalized spacial score (nSPS) is 9.38. The third-order valence-corrected chi connectivity index (χ3v) is 2.02. The first-order valence-electron chi connectivity index (χ1n) is 4.89. The molecule has 0 aliphatic carbocycles. The van der Waals surface area contributed by atoms with Gasteiger partial charge >= 0.3 is 0 Å². The third-order valence-electron chi connectivity index (χ3n) is 2.02. The highest BCUT2D eigenvalue weighted by atomic mass is 16.5. The van der Waals surface area contributed by atoms with E-state index in [1.165, 1.54) is 7.11 Å². The monoisotopic (exact) mass is 222 g/mol. The van der Waals surface area contributed by atoms with Gasteiger partial charge in [0.05, 0.1) is 12.8 Å². The minimum absolute atomic E-state index is 0.0885. The Balaban J connectivity index is 2.92. The number of hydrogen-bond donors (Lipinski definition) is 2. The van der Waals surface area contributed by atoms with Crippen LogP contribution in [0.5, 0.6) is 5.75 Å². The number of amides is 2. The first-order valence-corrected chi connectivity index (χ1v) is 4.89. The summed E-state index contributed by atoms with van der Waals surface area (Å²) < 4.78 is 5.11. The molecule has 0 unspecified atom stereocenters. The molecular formula is C11H14N2O3. The molecule has 2 amide bonds. The first kappa shape index (κ1) is 12.0. The van der Waals surface area contributed by atoms with E-state index in [1.54, 1.807) is 25.1 Å². The van der Waals surface area contributed by atoms with Gasteiger partial charge in [-0.05, 0) is 12.1 Å². The van der Waals surface area contributed by atoms with Gasteiger partial charge in [0.15, 0.2) is 0 Å². The van der Waals surface area contributed by atoms with E-state index >= 15 is 0 Å². The number of benzene rings is 1. The van der Waals surface area contributed by atoms with Crippen LogP contribution in [0.2, 0.25) is 0 Å². The van der Waals surface area contributed by atoms with Crippen LogP contribution in [0.1, 0.15) is 13.3 Å². The molecule has 0 heterocycles. The predicted molar refractivity (Wildman–Crippen MR) is 61.6 cm³/mol. The van der Waals surface area contributed by atoms with E-state index in [1.807, 2.05) is 0 Å². The van der Waals surface area contributed by atoms with Crippen LogP contribution in [-0.2, 0) is 9.59 Å². The van der Waals surface area contributed by atoms with Crippen molar-refractivity contribution in [1.29, 1.82) is 0 Å². The standard InChI is InChI=1S/C11H14N2O3/c1-3-11(15)13-9-5-4-8(12-7-14)6-10(9)16-2/h4-7H,3H2,1-2H3,(H,12,14)(H,13,15). The maximum Gasteiger partial charge on any atom is 0.224 e. The number of carbonyl (C=O) groups excluding carboxylic acids is 2. The highest BCUT2D eigenvalue weighted by molar-refractivity contribution is 5.92. The van der Waals surface area contributed by atoms with Crippen molar-refractivity contribution >= 4 is 23.7 Å². The van der Waals surface area contributed by atoms with Crippen molar-refractivity contribution < 1.29 is 14.3 Å². The molecule has 1 aromatic carbocycles. The molecule has 0 saturated heterocycles. The van der Waals surface area contributed by atoms with Crippen molar-refractivity contribution in [2.75, 3.05) is 17.7 Å². The maximum atomic E-state index is 11.2. The van der Waals surface area contributed by atoms with Crippen molar-refractivity contribution in [2.24, 2.45) is 0 Å². The number of rotatable bonds is 5. The molecule has 0 aromatic heterocycles. The van der Waals surface area contributed by atoms with Gasteiger partial charge in [0.2, 0.25) is 12.3 Å². The summed E-state index contributed by atoms with van der Waals surface area (Å²) in [4.78, 5) is 21.5. The van der Waals surface area contributed by atoms with Crippen LogP contribution in [0, 0.1) is 0 Å². The summed E-state index contributed by atoms with van der Waals surface area (Å²) in [7, 11) is 1.50. The molecule has 0 fully saturated rings. The Bertz CT molecular complexity index is 391. The van der Waals surface area contributed by atoms with Crippen LogP contribution < -0.4 is 15.4 Å². The summed E-state index contributed by atoms with van der Waals surface area (Å²) in [6, 6.07) is 5.00. The van der Waals surface area contributed by atoms with Crippen LogP contribution in [-0.4, -0.2) is 19.4 Å². The van der Waals surface area contributed by atoms with Gasteiger partial charge in [-0.3, -0.25) is 9.59 Å². The Kier molecular flexibility index (Phi) is 4.32. The molecule has 0 saturated carbocycles. The average molecular weight is 222 g/mol. The molecule has 0 aliphatic heterocycles. The van der Waals surface area contributed by atoms with Gasteiger partial charge in [0.25, 0.3) is 0 Å². The van der Waals surface area contributed by atoms with Crippen LogP contribution in [0.4, 0.5) is 11.4 Å². The molecule has 2 N–H and O–H groups in total. The zero-order valence-electron chi connectivity index (χ0n) is 9.24. The smallest absolute Gasteiger partial charge is 0.224 e.